The minimum atomic E-state index is -0.489. The number of methoxy groups -OCH3 is 1. The number of hydrogen-bond acceptors (Lipinski definition) is 6. The average Bonchev–Trinajstić information content (AvgIpc) is 3.08. The summed E-state index contributed by atoms with van der Waals surface area (Å²) >= 11 is 0. The summed E-state index contributed by atoms with van der Waals surface area (Å²) in [6.07, 6.45) is 13.3. The average molecular weight is 452 g/mol. The molecule has 2 heterocycles. The van der Waals surface area contributed by atoms with Gasteiger partial charge in [0, 0.05) is 12.0 Å². The van der Waals surface area contributed by atoms with Crippen molar-refractivity contribution < 1.29 is 23.4 Å². The Morgan fingerprint density at radius 3 is 2.73 bits per heavy atom. The van der Waals surface area contributed by atoms with Crippen molar-refractivity contribution in [3.63, 3.8) is 0 Å². The number of allylic oxidation sites excluding steroid dienone is 7. The van der Waals surface area contributed by atoms with Gasteiger partial charge in [-0.2, -0.15) is 0 Å². The van der Waals surface area contributed by atoms with Crippen molar-refractivity contribution in [3.8, 4) is 0 Å². The van der Waals surface area contributed by atoms with E-state index in [2.05, 4.69) is 24.7 Å². The number of nitrogens with zero attached hydrogens (tertiary/aromatic N) is 1. The molecule has 176 valence electrons. The first kappa shape index (κ1) is 25.7. The number of carbonyl (C=O) groups excluding carboxylic acids is 1. The standard InChI is InChI=1S/C25H27NO5.C2H6/c1-6-8-18(7-2)24-26-22(17(4)30-24)13-14-29-20-10-9-19-15-21(16(3)28-5)25(27)31-23(19)12-11-20;1-2/h6-12,21,23H,1-3,13-15H2,4-5H3;1-2H3/b18-8+;. The summed E-state index contributed by atoms with van der Waals surface area (Å²) in [7, 11) is 1.50. The zero-order valence-electron chi connectivity index (χ0n) is 19.9. The fourth-order valence-corrected chi connectivity index (χ4v) is 3.36. The largest absolute Gasteiger partial charge is 0.501 e. The van der Waals surface area contributed by atoms with Crippen LogP contribution < -0.4 is 0 Å². The molecular weight excluding hydrogens is 418 g/mol. The van der Waals surface area contributed by atoms with Gasteiger partial charge >= 0.3 is 5.97 Å². The zero-order valence-corrected chi connectivity index (χ0v) is 19.9. The normalized spacial score (nSPS) is 19.5. The second-order valence-electron chi connectivity index (χ2n) is 7.14. The van der Waals surface area contributed by atoms with E-state index in [1.165, 1.54) is 7.11 Å². The van der Waals surface area contributed by atoms with Gasteiger partial charge in [-0.3, -0.25) is 4.79 Å². The van der Waals surface area contributed by atoms with Crippen LogP contribution in [-0.4, -0.2) is 30.8 Å². The van der Waals surface area contributed by atoms with Crippen LogP contribution in [0.15, 0.2) is 83.8 Å². The second-order valence-corrected chi connectivity index (χ2v) is 7.14. The van der Waals surface area contributed by atoms with Gasteiger partial charge in [-0.05, 0) is 37.1 Å². The van der Waals surface area contributed by atoms with Gasteiger partial charge in [0.05, 0.1) is 19.4 Å². The lowest BCUT2D eigenvalue weighted by Gasteiger charge is -2.29. The highest BCUT2D eigenvalue weighted by molar-refractivity contribution is 5.77. The topological polar surface area (TPSA) is 70.8 Å². The maximum atomic E-state index is 12.2. The van der Waals surface area contributed by atoms with Gasteiger partial charge in [-0.25, -0.2) is 4.98 Å². The Hall–Kier alpha value is -3.54. The van der Waals surface area contributed by atoms with Crippen LogP contribution in [0.2, 0.25) is 0 Å². The molecule has 1 aromatic rings. The molecule has 2 atom stereocenters. The smallest absolute Gasteiger partial charge is 0.317 e. The molecule has 0 amide bonds. The number of oxazole rings is 1. The van der Waals surface area contributed by atoms with Crippen LogP contribution >= 0.6 is 0 Å². The molecule has 2 unspecified atom stereocenters. The number of aromatic nitrogens is 1. The molecule has 0 saturated carbocycles. The van der Waals surface area contributed by atoms with E-state index in [0.29, 0.717) is 36.9 Å². The van der Waals surface area contributed by atoms with E-state index < -0.39 is 12.0 Å². The molecule has 33 heavy (non-hydrogen) atoms. The molecule has 6 nitrogen and oxygen atoms in total. The Bertz CT molecular complexity index is 1010. The number of carbonyl (C=O) groups is 1. The van der Waals surface area contributed by atoms with Crippen molar-refractivity contribution in [2.75, 3.05) is 13.7 Å². The van der Waals surface area contributed by atoms with Gasteiger partial charge < -0.3 is 18.6 Å². The first-order chi connectivity index (χ1) is 16.0. The predicted octanol–water partition coefficient (Wildman–Crippen LogP) is 5.80. The summed E-state index contributed by atoms with van der Waals surface area (Å²) in [6, 6.07) is 0. The van der Waals surface area contributed by atoms with Gasteiger partial charge in [0.2, 0.25) is 5.89 Å². The van der Waals surface area contributed by atoms with E-state index in [4.69, 9.17) is 18.6 Å². The van der Waals surface area contributed by atoms with Crippen LogP contribution in [0.25, 0.3) is 5.57 Å². The number of aryl methyl sites for hydroxylation is 1. The molecule has 6 heteroatoms. The first-order valence-corrected chi connectivity index (χ1v) is 11.0. The molecule has 1 saturated heterocycles. The van der Waals surface area contributed by atoms with Crippen molar-refractivity contribution in [1.29, 1.82) is 0 Å². The summed E-state index contributed by atoms with van der Waals surface area (Å²) in [5.41, 5.74) is 2.57. The van der Waals surface area contributed by atoms with Gasteiger partial charge in [-0.15, -0.1) is 0 Å². The summed E-state index contributed by atoms with van der Waals surface area (Å²) in [4.78, 5) is 16.8. The zero-order chi connectivity index (χ0) is 24.4. The van der Waals surface area contributed by atoms with Gasteiger partial charge in [0.15, 0.2) is 0 Å². The van der Waals surface area contributed by atoms with Gasteiger partial charge in [0.1, 0.15) is 29.3 Å². The Balaban J connectivity index is 0.00000187. The summed E-state index contributed by atoms with van der Waals surface area (Å²) in [5.74, 6) is 1.52. The molecular formula is C27H33NO5. The van der Waals surface area contributed by atoms with E-state index in [1.807, 2.05) is 45.1 Å². The SMILES string of the molecule is C=C/C=C(\C=C)c1nc(CCOC2=CC=C3CC(C(=C)OC)C(=O)OC3C=C2)c(C)o1.CC. The van der Waals surface area contributed by atoms with E-state index in [9.17, 15) is 4.79 Å². The molecule has 3 rings (SSSR count). The van der Waals surface area contributed by atoms with E-state index >= 15 is 0 Å². The molecule has 1 aliphatic heterocycles. The van der Waals surface area contributed by atoms with Crippen molar-refractivity contribution in [1.82, 2.24) is 4.98 Å². The molecule has 0 bridgehead atoms. The summed E-state index contributed by atoms with van der Waals surface area (Å²) in [6.45, 7) is 17.6. The molecule has 1 aromatic heterocycles. The fraction of sp³-hybridized carbons (Fsp3) is 0.333. The van der Waals surface area contributed by atoms with E-state index in [-0.39, 0.29) is 5.97 Å². The predicted molar refractivity (Wildman–Crippen MR) is 130 cm³/mol. The van der Waals surface area contributed by atoms with Crippen molar-refractivity contribution >= 4 is 11.5 Å². The van der Waals surface area contributed by atoms with Crippen LogP contribution in [0.1, 0.15) is 37.6 Å². The third-order valence-electron chi connectivity index (χ3n) is 5.15. The molecule has 0 spiro atoms. The number of rotatable bonds is 9. The van der Waals surface area contributed by atoms with Crippen LogP contribution in [0, 0.1) is 12.8 Å². The highest BCUT2D eigenvalue weighted by atomic mass is 16.5. The molecule has 0 aromatic carbocycles. The molecule has 1 aliphatic carbocycles. The Labute approximate surface area is 196 Å². The summed E-state index contributed by atoms with van der Waals surface area (Å²) in [5, 5.41) is 0. The van der Waals surface area contributed by atoms with Crippen molar-refractivity contribution in [2.45, 2.75) is 39.7 Å². The lowest BCUT2D eigenvalue weighted by Crippen LogP contribution is -2.33. The Morgan fingerprint density at radius 1 is 1.30 bits per heavy atom. The van der Waals surface area contributed by atoms with E-state index in [0.717, 1.165) is 22.6 Å². The Morgan fingerprint density at radius 2 is 2.06 bits per heavy atom. The van der Waals surface area contributed by atoms with Crippen LogP contribution in [0.5, 0.6) is 0 Å². The molecule has 0 N–H and O–H groups in total. The second kappa shape index (κ2) is 12.5. The van der Waals surface area contributed by atoms with Crippen LogP contribution in [-0.2, 0) is 25.4 Å². The van der Waals surface area contributed by atoms with Gasteiger partial charge in [-0.1, -0.05) is 57.9 Å². The van der Waals surface area contributed by atoms with Gasteiger partial charge in [0.25, 0.3) is 0 Å². The lowest BCUT2D eigenvalue weighted by molar-refractivity contribution is -0.153. The van der Waals surface area contributed by atoms with Crippen molar-refractivity contribution in [2.24, 2.45) is 5.92 Å². The van der Waals surface area contributed by atoms with E-state index in [1.54, 1.807) is 18.2 Å². The fourth-order valence-electron chi connectivity index (χ4n) is 3.36. The maximum Gasteiger partial charge on any atom is 0.317 e. The lowest BCUT2D eigenvalue weighted by atomic mass is 9.91. The van der Waals surface area contributed by atoms with Crippen LogP contribution in [0.3, 0.4) is 0 Å². The third-order valence-corrected chi connectivity index (χ3v) is 5.15. The number of fused-ring (bicyclic) bond motifs is 1. The highest BCUT2D eigenvalue weighted by Crippen LogP contribution is 2.32. The minimum Gasteiger partial charge on any atom is -0.501 e. The van der Waals surface area contributed by atoms with Crippen LogP contribution in [0.4, 0.5) is 0 Å². The summed E-state index contributed by atoms with van der Waals surface area (Å²) < 4.78 is 22.3. The number of ether oxygens (including phenoxy) is 3. The first-order valence-electron chi connectivity index (χ1n) is 11.0. The monoisotopic (exact) mass is 451 g/mol. The quantitative estimate of drug-likeness (QED) is 0.269. The minimum absolute atomic E-state index is 0.329. The number of esters is 1. The third kappa shape index (κ3) is 6.48. The molecule has 1 fully saturated rings. The number of hydrogen-bond donors (Lipinski definition) is 0. The molecule has 0 radical (unpaired) electrons. The molecule has 2 aliphatic rings. The highest BCUT2D eigenvalue weighted by Gasteiger charge is 2.35. The van der Waals surface area contributed by atoms with Crippen molar-refractivity contribution in [3.05, 3.63) is 96.7 Å². The maximum absolute atomic E-state index is 12.2. The Kier molecular flexibility index (Phi) is 9.73.